The maximum Gasteiger partial charge on any atom is 0.119 e. The van der Waals surface area contributed by atoms with Crippen LogP contribution in [0.1, 0.15) is 32.4 Å². The fraction of sp³-hybridized carbons (Fsp3) is 0.538. The van der Waals surface area contributed by atoms with Crippen molar-refractivity contribution in [1.82, 2.24) is 0 Å². The van der Waals surface area contributed by atoms with E-state index in [1.54, 1.807) is 11.8 Å². The Labute approximate surface area is 102 Å². The first kappa shape index (κ1) is 13.4. The number of aliphatic hydroxyl groups is 1. The molecule has 0 saturated carbocycles. The van der Waals surface area contributed by atoms with Gasteiger partial charge >= 0.3 is 0 Å². The third-order valence-corrected chi connectivity index (χ3v) is 3.08. The van der Waals surface area contributed by atoms with Crippen molar-refractivity contribution < 1.29 is 9.84 Å². The first-order valence-electron chi connectivity index (χ1n) is 5.66. The summed E-state index contributed by atoms with van der Waals surface area (Å²) in [6.45, 7) is 6.10. The van der Waals surface area contributed by atoms with Crippen molar-refractivity contribution in [3.05, 3.63) is 29.8 Å². The molecule has 0 aliphatic carbocycles. The molecule has 0 spiro atoms. The van der Waals surface area contributed by atoms with Gasteiger partial charge in [0, 0.05) is 5.75 Å². The zero-order valence-electron chi connectivity index (χ0n) is 10.1. The van der Waals surface area contributed by atoms with Gasteiger partial charge in [0.05, 0.1) is 12.2 Å². The van der Waals surface area contributed by atoms with Crippen molar-refractivity contribution in [3.8, 4) is 5.75 Å². The quantitative estimate of drug-likeness (QED) is 0.827. The summed E-state index contributed by atoms with van der Waals surface area (Å²) in [6.07, 6.45) is -0.190. The monoisotopic (exact) mass is 240 g/mol. The number of thioether (sulfide) groups is 1. The molecule has 0 heterocycles. The second kappa shape index (κ2) is 6.81. The van der Waals surface area contributed by atoms with Crippen molar-refractivity contribution in [1.29, 1.82) is 0 Å². The molecule has 1 aromatic rings. The molecule has 0 aliphatic rings. The van der Waals surface area contributed by atoms with Crippen molar-refractivity contribution >= 4 is 11.8 Å². The molecule has 0 saturated heterocycles. The number of benzene rings is 1. The van der Waals surface area contributed by atoms with E-state index in [2.05, 4.69) is 6.92 Å². The van der Waals surface area contributed by atoms with Crippen LogP contribution in [0.4, 0.5) is 0 Å². The minimum Gasteiger partial charge on any atom is -0.491 e. The molecule has 1 unspecified atom stereocenters. The lowest BCUT2D eigenvalue weighted by atomic mass is 10.1. The molecular weight excluding hydrogens is 220 g/mol. The topological polar surface area (TPSA) is 29.5 Å². The van der Waals surface area contributed by atoms with Gasteiger partial charge in [-0.3, -0.25) is 0 Å². The third-order valence-electron chi connectivity index (χ3n) is 2.12. The average molecular weight is 240 g/mol. The molecule has 0 amide bonds. The van der Waals surface area contributed by atoms with Crippen LogP contribution in [0.5, 0.6) is 5.75 Å². The van der Waals surface area contributed by atoms with Crippen molar-refractivity contribution in [2.24, 2.45) is 0 Å². The fourth-order valence-electron chi connectivity index (χ4n) is 1.37. The summed E-state index contributed by atoms with van der Waals surface area (Å²) in [5.74, 6) is 2.64. The third kappa shape index (κ3) is 4.45. The van der Waals surface area contributed by atoms with E-state index in [1.807, 2.05) is 38.1 Å². The molecule has 1 rings (SSSR count). The van der Waals surface area contributed by atoms with Crippen LogP contribution in [0.15, 0.2) is 24.3 Å². The fourth-order valence-corrected chi connectivity index (χ4v) is 2.02. The second-order valence-electron chi connectivity index (χ2n) is 3.91. The van der Waals surface area contributed by atoms with Gasteiger partial charge in [0.2, 0.25) is 0 Å². The summed E-state index contributed by atoms with van der Waals surface area (Å²) >= 11 is 1.74. The van der Waals surface area contributed by atoms with Gasteiger partial charge in [0.15, 0.2) is 0 Å². The van der Waals surface area contributed by atoms with Gasteiger partial charge in [-0.1, -0.05) is 19.1 Å². The van der Waals surface area contributed by atoms with Crippen LogP contribution in [0.3, 0.4) is 0 Å². The van der Waals surface area contributed by atoms with E-state index in [9.17, 15) is 5.11 Å². The summed E-state index contributed by atoms with van der Waals surface area (Å²) in [4.78, 5) is 0. The first-order chi connectivity index (χ1) is 7.63. The van der Waals surface area contributed by atoms with E-state index in [1.165, 1.54) is 0 Å². The summed E-state index contributed by atoms with van der Waals surface area (Å²) in [5.41, 5.74) is 0.956. The Morgan fingerprint density at radius 3 is 2.38 bits per heavy atom. The van der Waals surface area contributed by atoms with Crippen molar-refractivity contribution in [2.75, 3.05) is 11.5 Å². The molecule has 0 aromatic heterocycles. The Hall–Kier alpha value is -0.670. The second-order valence-corrected chi connectivity index (χ2v) is 5.23. The minimum atomic E-state index is -0.377. The molecule has 1 N–H and O–H groups in total. The normalized spacial score (nSPS) is 12.8. The zero-order valence-corrected chi connectivity index (χ0v) is 11.0. The number of hydrogen-bond donors (Lipinski definition) is 1. The highest BCUT2D eigenvalue weighted by Gasteiger charge is 2.07. The Kier molecular flexibility index (Phi) is 5.71. The Balaban J connectivity index is 2.56. The van der Waals surface area contributed by atoms with Gasteiger partial charge in [-0.05, 0) is 37.3 Å². The summed E-state index contributed by atoms with van der Waals surface area (Å²) in [5, 5.41) is 9.86. The highest BCUT2D eigenvalue weighted by atomic mass is 32.2. The van der Waals surface area contributed by atoms with E-state index < -0.39 is 0 Å². The lowest BCUT2D eigenvalue weighted by Crippen LogP contribution is -2.06. The maximum absolute atomic E-state index is 9.86. The van der Waals surface area contributed by atoms with Gasteiger partial charge in [0.1, 0.15) is 5.75 Å². The number of rotatable bonds is 6. The SMILES string of the molecule is CCSCC(O)c1ccc(OC(C)C)cc1. The van der Waals surface area contributed by atoms with Crippen LogP contribution < -0.4 is 4.74 Å². The Bertz CT molecular complexity index is 295. The van der Waals surface area contributed by atoms with Crippen LogP contribution in [-0.4, -0.2) is 22.7 Å². The highest BCUT2D eigenvalue weighted by molar-refractivity contribution is 7.99. The number of aliphatic hydroxyl groups excluding tert-OH is 1. The molecule has 3 heteroatoms. The lowest BCUT2D eigenvalue weighted by molar-refractivity contribution is 0.203. The molecule has 1 atom stereocenters. The molecule has 1 aromatic carbocycles. The lowest BCUT2D eigenvalue weighted by Gasteiger charge is -2.12. The molecule has 0 aliphatic heterocycles. The number of hydrogen-bond acceptors (Lipinski definition) is 3. The van der Waals surface area contributed by atoms with E-state index in [-0.39, 0.29) is 12.2 Å². The predicted molar refractivity (Wildman–Crippen MR) is 70.2 cm³/mol. The molecular formula is C13H20O2S. The van der Waals surface area contributed by atoms with Gasteiger partial charge < -0.3 is 9.84 Å². The average Bonchev–Trinajstić information content (AvgIpc) is 2.26. The van der Waals surface area contributed by atoms with E-state index in [4.69, 9.17) is 4.74 Å². The van der Waals surface area contributed by atoms with Crippen molar-refractivity contribution in [2.45, 2.75) is 33.0 Å². The molecule has 90 valence electrons. The largest absolute Gasteiger partial charge is 0.491 e. The summed E-state index contributed by atoms with van der Waals surface area (Å²) in [6, 6.07) is 7.68. The van der Waals surface area contributed by atoms with Gasteiger partial charge in [-0.2, -0.15) is 11.8 Å². The highest BCUT2D eigenvalue weighted by Crippen LogP contribution is 2.21. The molecule has 0 bridgehead atoms. The molecule has 16 heavy (non-hydrogen) atoms. The van der Waals surface area contributed by atoms with Gasteiger partial charge in [-0.15, -0.1) is 0 Å². The predicted octanol–water partition coefficient (Wildman–Crippen LogP) is 3.26. The summed E-state index contributed by atoms with van der Waals surface area (Å²) in [7, 11) is 0. The molecule has 0 radical (unpaired) electrons. The first-order valence-corrected chi connectivity index (χ1v) is 6.81. The maximum atomic E-state index is 9.86. The van der Waals surface area contributed by atoms with E-state index in [0.29, 0.717) is 0 Å². The Morgan fingerprint density at radius 2 is 1.88 bits per heavy atom. The van der Waals surface area contributed by atoms with Crippen LogP contribution in [-0.2, 0) is 0 Å². The van der Waals surface area contributed by atoms with Gasteiger partial charge in [0.25, 0.3) is 0 Å². The molecule has 2 nitrogen and oxygen atoms in total. The number of ether oxygens (including phenoxy) is 1. The van der Waals surface area contributed by atoms with Gasteiger partial charge in [-0.25, -0.2) is 0 Å². The van der Waals surface area contributed by atoms with Crippen LogP contribution in [0.25, 0.3) is 0 Å². The standard InChI is InChI=1S/C13H20O2S/c1-4-16-9-13(14)11-5-7-12(8-6-11)15-10(2)3/h5-8,10,13-14H,4,9H2,1-3H3. The molecule has 0 fully saturated rings. The smallest absolute Gasteiger partial charge is 0.119 e. The Morgan fingerprint density at radius 1 is 1.25 bits per heavy atom. The van der Waals surface area contributed by atoms with Crippen LogP contribution >= 0.6 is 11.8 Å². The van der Waals surface area contributed by atoms with Crippen LogP contribution in [0, 0.1) is 0 Å². The van der Waals surface area contributed by atoms with Crippen LogP contribution in [0.2, 0.25) is 0 Å². The summed E-state index contributed by atoms with van der Waals surface area (Å²) < 4.78 is 5.54. The zero-order chi connectivity index (χ0) is 12.0. The van der Waals surface area contributed by atoms with Crippen molar-refractivity contribution in [3.63, 3.8) is 0 Å². The minimum absolute atomic E-state index is 0.187. The van der Waals surface area contributed by atoms with E-state index >= 15 is 0 Å². The van der Waals surface area contributed by atoms with E-state index in [0.717, 1.165) is 22.8 Å².